The van der Waals surface area contributed by atoms with E-state index in [0.29, 0.717) is 41.2 Å². The van der Waals surface area contributed by atoms with Gasteiger partial charge in [0, 0.05) is 0 Å². The van der Waals surface area contributed by atoms with Crippen molar-refractivity contribution in [2.75, 3.05) is 12.4 Å². The molecule has 1 heterocycles. The first kappa shape index (κ1) is 21.7. The van der Waals surface area contributed by atoms with E-state index in [4.69, 9.17) is 13.9 Å². The first-order valence-corrected chi connectivity index (χ1v) is 11.3. The number of carbonyl (C=O) groups is 1. The molecule has 6 nitrogen and oxygen atoms in total. The molecule has 1 fully saturated rings. The van der Waals surface area contributed by atoms with E-state index in [0.717, 1.165) is 18.4 Å². The van der Waals surface area contributed by atoms with Gasteiger partial charge in [-0.3, -0.25) is 4.79 Å². The van der Waals surface area contributed by atoms with E-state index in [1.54, 1.807) is 0 Å². The van der Waals surface area contributed by atoms with Gasteiger partial charge in [-0.25, -0.2) is 0 Å². The topological polar surface area (TPSA) is 74.5 Å². The molecule has 0 spiro atoms. The average Bonchev–Trinajstić information content (AvgIpc) is 3.16. The van der Waals surface area contributed by atoms with Crippen LogP contribution in [-0.4, -0.2) is 34.6 Å². The summed E-state index contributed by atoms with van der Waals surface area (Å²) in [6.07, 6.45) is 3.27. The van der Waals surface area contributed by atoms with Crippen LogP contribution in [-0.2, 0) is 9.53 Å². The third-order valence-corrected chi connectivity index (χ3v) is 6.17. The van der Waals surface area contributed by atoms with Crippen LogP contribution in [0.15, 0.2) is 33.9 Å². The van der Waals surface area contributed by atoms with Crippen LogP contribution < -0.4 is 4.74 Å². The molecule has 3 atom stereocenters. The predicted molar refractivity (Wildman–Crippen MR) is 113 cm³/mol. The van der Waals surface area contributed by atoms with Crippen LogP contribution in [0, 0.1) is 17.8 Å². The van der Waals surface area contributed by atoms with E-state index < -0.39 is 0 Å². The monoisotopic (exact) mass is 418 g/mol. The van der Waals surface area contributed by atoms with E-state index in [9.17, 15) is 4.79 Å². The molecule has 0 amide bonds. The lowest BCUT2D eigenvalue weighted by atomic mass is 9.75. The molecule has 0 N–H and O–H groups in total. The zero-order valence-electron chi connectivity index (χ0n) is 17.6. The number of hydrogen-bond acceptors (Lipinski definition) is 7. The number of carbonyl (C=O) groups excluding carboxylic acids is 1. The summed E-state index contributed by atoms with van der Waals surface area (Å²) in [6, 6.07) is 7.52. The highest BCUT2D eigenvalue weighted by atomic mass is 32.2. The van der Waals surface area contributed by atoms with Crippen LogP contribution in [0.1, 0.15) is 47.0 Å². The van der Waals surface area contributed by atoms with Crippen molar-refractivity contribution in [3.63, 3.8) is 0 Å². The molecule has 1 saturated carbocycles. The summed E-state index contributed by atoms with van der Waals surface area (Å²) in [6.45, 7) is 9.11. The zero-order valence-corrected chi connectivity index (χ0v) is 18.4. The van der Waals surface area contributed by atoms with Gasteiger partial charge in [0.2, 0.25) is 0 Å². The summed E-state index contributed by atoms with van der Waals surface area (Å²) in [5.74, 6) is 2.55. The number of para-hydroxylation sites is 1. The normalized spacial score (nSPS) is 21.9. The summed E-state index contributed by atoms with van der Waals surface area (Å²) < 4.78 is 17.2. The Labute approximate surface area is 176 Å². The SMILES string of the molecule is CCOc1ccccc1-c1nnc(SCC(=O)OC2CC(C)CCC2C(C)C)o1. The number of nitrogens with zero attached hydrogens (tertiary/aromatic N) is 2. The molecule has 1 aliphatic rings. The third kappa shape index (κ3) is 5.75. The van der Waals surface area contributed by atoms with Gasteiger partial charge in [-0.1, -0.05) is 51.1 Å². The van der Waals surface area contributed by atoms with Crippen LogP contribution in [0.25, 0.3) is 11.5 Å². The third-order valence-electron chi connectivity index (χ3n) is 5.38. The number of hydrogen-bond donors (Lipinski definition) is 0. The second-order valence-corrected chi connectivity index (χ2v) is 8.87. The average molecular weight is 419 g/mol. The van der Waals surface area contributed by atoms with Gasteiger partial charge in [0.1, 0.15) is 17.6 Å². The van der Waals surface area contributed by atoms with Gasteiger partial charge >= 0.3 is 5.97 Å². The van der Waals surface area contributed by atoms with Gasteiger partial charge in [-0.2, -0.15) is 0 Å². The molecular formula is C22H30N2O4S. The number of thioether (sulfide) groups is 1. The molecule has 3 unspecified atom stereocenters. The van der Waals surface area contributed by atoms with Gasteiger partial charge in [-0.05, 0) is 49.7 Å². The number of benzene rings is 1. The van der Waals surface area contributed by atoms with Crippen LogP contribution in [0.4, 0.5) is 0 Å². The Morgan fingerprint density at radius 1 is 1.28 bits per heavy atom. The van der Waals surface area contributed by atoms with Crippen molar-refractivity contribution in [3.05, 3.63) is 24.3 Å². The fourth-order valence-corrected chi connectivity index (χ4v) is 4.42. The Hall–Kier alpha value is -2.02. The highest BCUT2D eigenvalue weighted by Crippen LogP contribution is 2.36. The highest BCUT2D eigenvalue weighted by Gasteiger charge is 2.33. The molecule has 2 aromatic rings. The van der Waals surface area contributed by atoms with E-state index in [2.05, 4.69) is 31.0 Å². The Kier molecular flexibility index (Phi) is 7.58. The minimum atomic E-state index is -0.228. The van der Waals surface area contributed by atoms with E-state index in [-0.39, 0.29) is 17.8 Å². The molecule has 0 bridgehead atoms. The summed E-state index contributed by atoms with van der Waals surface area (Å²) in [5, 5.41) is 8.50. The smallest absolute Gasteiger partial charge is 0.316 e. The van der Waals surface area contributed by atoms with Gasteiger partial charge in [0.25, 0.3) is 11.1 Å². The van der Waals surface area contributed by atoms with Crippen LogP contribution in [0.3, 0.4) is 0 Å². The van der Waals surface area contributed by atoms with E-state index in [1.807, 2.05) is 31.2 Å². The number of rotatable bonds is 8. The van der Waals surface area contributed by atoms with Crippen LogP contribution >= 0.6 is 11.8 Å². The lowest BCUT2D eigenvalue weighted by molar-refractivity contribution is -0.152. The second-order valence-electron chi connectivity index (χ2n) is 7.95. The van der Waals surface area contributed by atoms with Gasteiger partial charge in [-0.15, -0.1) is 10.2 Å². The Bertz CT molecular complexity index is 808. The van der Waals surface area contributed by atoms with E-state index in [1.165, 1.54) is 18.2 Å². The molecule has 7 heteroatoms. The first-order valence-electron chi connectivity index (χ1n) is 10.4. The van der Waals surface area contributed by atoms with Crippen molar-refractivity contribution in [3.8, 4) is 17.2 Å². The number of esters is 1. The summed E-state index contributed by atoms with van der Waals surface area (Å²) in [7, 11) is 0. The highest BCUT2D eigenvalue weighted by molar-refractivity contribution is 7.99. The predicted octanol–water partition coefficient (Wildman–Crippen LogP) is 5.23. The molecular weight excluding hydrogens is 388 g/mol. The van der Waals surface area contributed by atoms with Crippen molar-refractivity contribution in [1.29, 1.82) is 0 Å². The van der Waals surface area contributed by atoms with Crippen molar-refractivity contribution in [2.24, 2.45) is 17.8 Å². The van der Waals surface area contributed by atoms with Crippen molar-refractivity contribution in [2.45, 2.75) is 58.3 Å². The minimum Gasteiger partial charge on any atom is -0.493 e. The Morgan fingerprint density at radius 2 is 2.07 bits per heavy atom. The maximum atomic E-state index is 12.4. The lowest BCUT2D eigenvalue weighted by Crippen LogP contribution is -2.36. The van der Waals surface area contributed by atoms with Gasteiger partial charge in [0.15, 0.2) is 0 Å². The molecule has 1 aromatic carbocycles. The summed E-state index contributed by atoms with van der Waals surface area (Å²) in [4.78, 5) is 12.4. The molecule has 1 aliphatic carbocycles. The molecule has 0 aliphatic heterocycles. The van der Waals surface area contributed by atoms with Crippen LogP contribution in [0.5, 0.6) is 5.75 Å². The standard InChI is InChI=1S/C22H30N2O4S/c1-5-26-18-9-7-6-8-17(18)21-23-24-22(28-21)29-13-20(25)27-19-12-15(4)10-11-16(19)14(2)3/h6-9,14-16,19H,5,10-13H2,1-4H3. The largest absolute Gasteiger partial charge is 0.493 e. The lowest BCUT2D eigenvalue weighted by Gasteiger charge is -2.36. The van der Waals surface area contributed by atoms with Crippen molar-refractivity contribution < 1.29 is 18.7 Å². The molecule has 0 radical (unpaired) electrons. The number of aromatic nitrogens is 2. The summed E-state index contributed by atoms with van der Waals surface area (Å²) >= 11 is 1.21. The maximum Gasteiger partial charge on any atom is 0.316 e. The molecule has 1 aromatic heterocycles. The molecule has 29 heavy (non-hydrogen) atoms. The number of ether oxygens (including phenoxy) is 2. The van der Waals surface area contributed by atoms with Crippen molar-refractivity contribution in [1.82, 2.24) is 10.2 Å². The fraction of sp³-hybridized carbons (Fsp3) is 0.591. The maximum absolute atomic E-state index is 12.4. The van der Waals surface area contributed by atoms with E-state index >= 15 is 0 Å². The van der Waals surface area contributed by atoms with Crippen LogP contribution in [0.2, 0.25) is 0 Å². The summed E-state index contributed by atoms with van der Waals surface area (Å²) in [5.41, 5.74) is 0.743. The quantitative estimate of drug-likeness (QED) is 0.429. The molecule has 0 saturated heterocycles. The minimum absolute atomic E-state index is 0.00293. The molecule has 158 valence electrons. The zero-order chi connectivity index (χ0) is 20.8. The Balaban J connectivity index is 1.57. The second kappa shape index (κ2) is 10.1. The van der Waals surface area contributed by atoms with Gasteiger partial charge in [0.05, 0.1) is 12.2 Å². The Morgan fingerprint density at radius 3 is 2.83 bits per heavy atom. The van der Waals surface area contributed by atoms with Gasteiger partial charge < -0.3 is 13.9 Å². The van der Waals surface area contributed by atoms with Crippen molar-refractivity contribution >= 4 is 17.7 Å². The first-order chi connectivity index (χ1) is 14.0. The molecule has 3 rings (SSSR count). The fourth-order valence-electron chi connectivity index (χ4n) is 3.88.